The van der Waals surface area contributed by atoms with Gasteiger partial charge in [-0.1, -0.05) is 70.8 Å². The molecule has 1 heterocycles. The Hall–Kier alpha value is -4.85. The summed E-state index contributed by atoms with van der Waals surface area (Å²) in [6.07, 6.45) is 7.38. The molecule has 0 radical (unpaired) electrons. The topological polar surface area (TPSA) is 96.5 Å². The fourth-order valence-electron chi connectivity index (χ4n) is 5.38. The molecule has 50 heavy (non-hydrogen) atoms. The van der Waals surface area contributed by atoms with Gasteiger partial charge in [0.1, 0.15) is 11.4 Å². The molecule has 0 saturated heterocycles. The number of ketones is 2. The zero-order chi connectivity index (χ0) is 36.4. The standard InChI is InChI=1S/C41H39Cl2N5O2/c1-24-20-26(22-32(38(24)49)40(3,4)5)36(47-45-30-16-12-28(42)13-17-30)34-10-9-11-35(44-34)37(48-46-31-18-14-29(43)15-19-31)27-21-25(2)39(50)33(23-27)41(6,7)8/h9-23H,1-8H3. The molecule has 0 spiro atoms. The van der Waals surface area contributed by atoms with Gasteiger partial charge in [0.2, 0.25) is 0 Å². The molecule has 0 fully saturated rings. The molecule has 2 aliphatic rings. The van der Waals surface area contributed by atoms with Gasteiger partial charge < -0.3 is 0 Å². The largest absolute Gasteiger partial charge is 0.289 e. The number of aromatic nitrogens is 1. The van der Waals surface area contributed by atoms with E-state index in [9.17, 15) is 9.59 Å². The maximum atomic E-state index is 13.2. The second kappa shape index (κ2) is 14.6. The minimum Gasteiger partial charge on any atom is -0.289 e. The van der Waals surface area contributed by atoms with Crippen molar-refractivity contribution in [2.45, 2.75) is 55.4 Å². The minimum absolute atomic E-state index is 0.0120. The van der Waals surface area contributed by atoms with E-state index in [0.29, 0.717) is 77.6 Å². The van der Waals surface area contributed by atoms with Crippen molar-refractivity contribution >= 4 is 57.5 Å². The second-order valence-electron chi connectivity index (χ2n) is 14.3. The molecule has 0 atom stereocenters. The number of carbonyl (C=O) groups excluding carboxylic acids is 2. The van der Waals surface area contributed by atoms with E-state index >= 15 is 0 Å². The molecule has 3 aromatic rings. The first-order valence-corrected chi connectivity index (χ1v) is 17.0. The first kappa shape index (κ1) is 36.4. The zero-order valence-corrected chi connectivity index (χ0v) is 31.0. The fourth-order valence-corrected chi connectivity index (χ4v) is 5.63. The van der Waals surface area contributed by atoms with E-state index in [1.54, 1.807) is 62.4 Å². The van der Waals surface area contributed by atoms with Crippen LogP contribution in [0.3, 0.4) is 0 Å². The molecule has 0 aliphatic heterocycles. The van der Waals surface area contributed by atoms with E-state index in [2.05, 4.69) is 10.2 Å². The number of allylic oxidation sites excluding steroid dienone is 10. The van der Waals surface area contributed by atoms with Crippen LogP contribution in [-0.4, -0.2) is 16.6 Å². The predicted molar refractivity (Wildman–Crippen MR) is 203 cm³/mol. The molecule has 0 amide bonds. The van der Waals surface area contributed by atoms with Gasteiger partial charge in [0.15, 0.2) is 11.6 Å². The van der Waals surface area contributed by atoms with Gasteiger partial charge in [-0.2, -0.15) is 10.2 Å². The third kappa shape index (κ3) is 8.47. The summed E-state index contributed by atoms with van der Waals surface area (Å²) in [5.74, 6) is -0.0240. The van der Waals surface area contributed by atoms with Gasteiger partial charge in [0.05, 0.1) is 22.8 Å². The van der Waals surface area contributed by atoms with Gasteiger partial charge in [0, 0.05) is 32.3 Å². The van der Waals surface area contributed by atoms with Crippen molar-refractivity contribution in [2.75, 3.05) is 0 Å². The first-order chi connectivity index (χ1) is 23.5. The highest BCUT2D eigenvalue weighted by Gasteiger charge is 2.30. The van der Waals surface area contributed by atoms with Gasteiger partial charge >= 0.3 is 0 Å². The van der Waals surface area contributed by atoms with Crippen molar-refractivity contribution in [3.8, 4) is 0 Å². The number of pyridine rings is 1. The maximum absolute atomic E-state index is 13.2. The molecule has 0 saturated carbocycles. The van der Waals surface area contributed by atoms with Crippen molar-refractivity contribution in [3.05, 3.63) is 146 Å². The summed E-state index contributed by atoms with van der Waals surface area (Å²) >= 11 is 12.2. The molecule has 254 valence electrons. The van der Waals surface area contributed by atoms with Crippen LogP contribution in [0.2, 0.25) is 10.0 Å². The lowest BCUT2D eigenvalue weighted by atomic mass is 9.78. The van der Waals surface area contributed by atoms with Gasteiger partial charge in [-0.25, -0.2) is 4.98 Å². The molecule has 2 aromatic carbocycles. The van der Waals surface area contributed by atoms with Crippen LogP contribution in [0, 0.1) is 10.8 Å². The van der Waals surface area contributed by atoms with E-state index in [-0.39, 0.29) is 11.6 Å². The second-order valence-corrected chi connectivity index (χ2v) is 15.2. The average molecular weight is 705 g/mol. The van der Waals surface area contributed by atoms with Gasteiger partial charge in [-0.05, 0) is 121 Å². The summed E-state index contributed by atoms with van der Waals surface area (Å²) in [5.41, 5.74) is 6.21. The van der Waals surface area contributed by atoms with E-state index in [1.165, 1.54) is 0 Å². The number of hydrogen-bond donors (Lipinski definition) is 0. The molecular formula is C41H39Cl2N5O2. The summed E-state index contributed by atoms with van der Waals surface area (Å²) in [6, 6.07) is 19.6. The van der Waals surface area contributed by atoms with E-state index < -0.39 is 10.8 Å². The van der Waals surface area contributed by atoms with Crippen molar-refractivity contribution in [1.29, 1.82) is 0 Å². The smallest absolute Gasteiger partial charge is 0.185 e. The quantitative estimate of drug-likeness (QED) is 0.239. The van der Waals surface area contributed by atoms with E-state index in [4.69, 9.17) is 38.4 Å². The Balaban J connectivity index is 1.76. The Bertz CT molecular complexity index is 1970. The first-order valence-electron chi connectivity index (χ1n) is 16.2. The van der Waals surface area contributed by atoms with Crippen LogP contribution in [0.1, 0.15) is 66.8 Å². The number of halogens is 2. The average Bonchev–Trinajstić information content (AvgIpc) is 3.05. The van der Waals surface area contributed by atoms with Crippen molar-refractivity contribution in [3.63, 3.8) is 0 Å². The van der Waals surface area contributed by atoms with Gasteiger partial charge in [0.25, 0.3) is 0 Å². The highest BCUT2D eigenvalue weighted by atomic mass is 35.5. The van der Waals surface area contributed by atoms with E-state index in [0.717, 1.165) is 0 Å². The predicted octanol–water partition coefficient (Wildman–Crippen LogP) is 12.4. The number of benzene rings is 2. The highest BCUT2D eigenvalue weighted by Crippen LogP contribution is 2.38. The summed E-state index contributed by atoms with van der Waals surface area (Å²) < 4.78 is 0. The monoisotopic (exact) mass is 703 g/mol. The molecule has 2 aliphatic carbocycles. The van der Waals surface area contributed by atoms with Crippen LogP contribution in [-0.2, 0) is 9.59 Å². The Morgan fingerprint density at radius 2 is 0.920 bits per heavy atom. The van der Waals surface area contributed by atoms with Crippen LogP contribution in [0.5, 0.6) is 0 Å². The Morgan fingerprint density at radius 1 is 0.560 bits per heavy atom. The molecular weight excluding hydrogens is 665 g/mol. The Labute approximate surface area is 303 Å². The lowest BCUT2D eigenvalue weighted by Crippen LogP contribution is -2.21. The van der Waals surface area contributed by atoms with Crippen LogP contribution in [0.15, 0.2) is 145 Å². The fraction of sp³-hybridized carbons (Fsp3) is 0.244. The van der Waals surface area contributed by atoms with Crippen LogP contribution >= 0.6 is 23.2 Å². The van der Waals surface area contributed by atoms with Gasteiger partial charge in [-0.15, -0.1) is 10.2 Å². The minimum atomic E-state index is -0.412. The van der Waals surface area contributed by atoms with Gasteiger partial charge in [-0.3, -0.25) is 9.59 Å². The van der Waals surface area contributed by atoms with Crippen LogP contribution < -0.4 is 0 Å². The summed E-state index contributed by atoms with van der Waals surface area (Å²) in [4.78, 5) is 31.6. The number of rotatable bonds is 6. The number of hydrogen-bond acceptors (Lipinski definition) is 7. The Morgan fingerprint density at radius 3 is 1.26 bits per heavy atom. The lowest BCUT2D eigenvalue weighted by molar-refractivity contribution is -0.113. The van der Waals surface area contributed by atoms with E-state index in [1.807, 2.05) is 84.0 Å². The molecule has 0 bridgehead atoms. The lowest BCUT2D eigenvalue weighted by Gasteiger charge is -2.25. The van der Waals surface area contributed by atoms with Crippen molar-refractivity contribution < 1.29 is 9.59 Å². The Kier molecular flexibility index (Phi) is 10.6. The number of Topliss-reactive ketones (excluding diaryl/α,β-unsaturated/α-hetero) is 2. The number of carbonyl (C=O) groups is 2. The SMILES string of the molecule is CC1=CC(=C(N=Nc2ccc(Cl)cc2)c2cccc(C(N=Nc3ccc(Cl)cc3)=C3C=C(C)C(=O)C(C(C)(C)C)=C3)n2)C=C(C(C)(C)C)C1=O. The molecule has 7 nitrogen and oxygen atoms in total. The molecule has 0 unspecified atom stereocenters. The maximum Gasteiger partial charge on any atom is 0.185 e. The highest BCUT2D eigenvalue weighted by molar-refractivity contribution is 6.30. The molecule has 1 aromatic heterocycles. The van der Waals surface area contributed by atoms with Crippen molar-refractivity contribution in [2.24, 2.45) is 31.3 Å². The normalized spacial score (nSPS) is 17.9. The summed E-state index contributed by atoms with van der Waals surface area (Å²) in [7, 11) is 0. The number of nitrogens with zero attached hydrogens (tertiary/aromatic N) is 5. The molecule has 0 N–H and O–H groups in total. The van der Waals surface area contributed by atoms with Crippen LogP contribution in [0.4, 0.5) is 11.4 Å². The summed E-state index contributed by atoms with van der Waals surface area (Å²) in [6.45, 7) is 15.7. The zero-order valence-electron chi connectivity index (χ0n) is 29.5. The molecule has 5 rings (SSSR count). The third-order valence-electron chi connectivity index (χ3n) is 8.13. The third-order valence-corrected chi connectivity index (χ3v) is 8.63. The molecule has 9 heteroatoms. The van der Waals surface area contributed by atoms with Crippen LogP contribution in [0.25, 0.3) is 11.4 Å². The summed E-state index contributed by atoms with van der Waals surface area (Å²) in [5, 5.41) is 19.7. The van der Waals surface area contributed by atoms with Crippen molar-refractivity contribution in [1.82, 2.24) is 4.98 Å². The number of azo groups is 2.